The number of hydrogen-bond donors (Lipinski definition) is 1. The predicted molar refractivity (Wildman–Crippen MR) is 121 cm³/mol. The SMILES string of the molecule is CC1CCC(=NNC(=O)CSc2nnc(-c3ccccc3)n2-c2ccccc2)CC1. The minimum atomic E-state index is -0.130. The Labute approximate surface area is 180 Å². The number of carbonyl (C=O) groups is 1. The normalized spacial score (nSPS) is 16.3. The quantitative estimate of drug-likeness (QED) is 0.464. The fourth-order valence-electron chi connectivity index (χ4n) is 3.46. The van der Waals surface area contributed by atoms with E-state index in [1.54, 1.807) is 0 Å². The minimum Gasteiger partial charge on any atom is -0.272 e. The van der Waals surface area contributed by atoms with E-state index in [1.165, 1.54) is 11.8 Å². The second-order valence-electron chi connectivity index (χ2n) is 7.53. The van der Waals surface area contributed by atoms with Crippen LogP contribution in [-0.2, 0) is 4.79 Å². The van der Waals surface area contributed by atoms with Crippen LogP contribution in [0.1, 0.15) is 32.6 Å². The molecule has 154 valence electrons. The first kappa shape index (κ1) is 20.3. The number of rotatable bonds is 6. The zero-order valence-electron chi connectivity index (χ0n) is 17.0. The molecule has 1 aliphatic rings. The summed E-state index contributed by atoms with van der Waals surface area (Å²) < 4.78 is 1.99. The molecule has 1 aromatic heterocycles. The Kier molecular flexibility index (Phi) is 6.59. The third-order valence-electron chi connectivity index (χ3n) is 5.20. The number of para-hydroxylation sites is 1. The summed E-state index contributed by atoms with van der Waals surface area (Å²) in [6.07, 6.45) is 4.23. The second kappa shape index (κ2) is 9.71. The Morgan fingerprint density at radius 3 is 2.43 bits per heavy atom. The molecule has 1 amide bonds. The molecule has 2 aromatic carbocycles. The maximum atomic E-state index is 12.4. The highest BCUT2D eigenvalue weighted by Crippen LogP contribution is 2.27. The molecule has 3 aromatic rings. The van der Waals surface area contributed by atoms with Crippen molar-refractivity contribution in [3.8, 4) is 17.1 Å². The Morgan fingerprint density at radius 2 is 1.73 bits per heavy atom. The molecule has 4 rings (SSSR count). The molecule has 1 fully saturated rings. The maximum Gasteiger partial charge on any atom is 0.250 e. The highest BCUT2D eigenvalue weighted by Gasteiger charge is 2.17. The lowest BCUT2D eigenvalue weighted by Crippen LogP contribution is -2.23. The van der Waals surface area contributed by atoms with Gasteiger partial charge in [-0.15, -0.1) is 10.2 Å². The fourth-order valence-corrected chi connectivity index (χ4v) is 4.20. The molecule has 1 aliphatic carbocycles. The van der Waals surface area contributed by atoms with Gasteiger partial charge in [0.25, 0.3) is 5.91 Å². The third kappa shape index (κ3) is 4.97. The molecule has 1 N–H and O–H groups in total. The molecule has 0 saturated heterocycles. The summed E-state index contributed by atoms with van der Waals surface area (Å²) in [5.41, 5.74) is 5.73. The first-order chi connectivity index (χ1) is 14.7. The Hall–Kier alpha value is -2.93. The summed E-state index contributed by atoms with van der Waals surface area (Å²) >= 11 is 1.36. The number of benzene rings is 2. The van der Waals surface area contributed by atoms with Crippen LogP contribution >= 0.6 is 11.8 Å². The van der Waals surface area contributed by atoms with Gasteiger partial charge in [0.15, 0.2) is 11.0 Å². The van der Waals surface area contributed by atoms with Crippen molar-refractivity contribution in [1.82, 2.24) is 20.2 Å². The van der Waals surface area contributed by atoms with E-state index in [9.17, 15) is 4.79 Å². The van der Waals surface area contributed by atoms with Gasteiger partial charge in [-0.1, -0.05) is 67.2 Å². The van der Waals surface area contributed by atoms with Crippen molar-refractivity contribution in [3.63, 3.8) is 0 Å². The van der Waals surface area contributed by atoms with Crippen molar-refractivity contribution in [2.45, 2.75) is 37.8 Å². The molecule has 0 bridgehead atoms. The highest BCUT2D eigenvalue weighted by molar-refractivity contribution is 7.99. The van der Waals surface area contributed by atoms with Gasteiger partial charge in [0, 0.05) is 17.0 Å². The molecule has 0 radical (unpaired) electrons. The number of amides is 1. The summed E-state index contributed by atoms with van der Waals surface area (Å²) in [6, 6.07) is 19.9. The molecule has 0 unspecified atom stereocenters. The van der Waals surface area contributed by atoms with Crippen molar-refractivity contribution in [2.75, 3.05) is 5.75 Å². The molecule has 30 heavy (non-hydrogen) atoms. The summed E-state index contributed by atoms with van der Waals surface area (Å²) in [6.45, 7) is 2.26. The van der Waals surface area contributed by atoms with E-state index in [-0.39, 0.29) is 11.7 Å². The van der Waals surface area contributed by atoms with Crippen LogP contribution in [0.15, 0.2) is 70.9 Å². The molecule has 1 saturated carbocycles. The summed E-state index contributed by atoms with van der Waals surface area (Å²) in [5.74, 6) is 1.60. The van der Waals surface area contributed by atoms with Crippen LogP contribution in [0.3, 0.4) is 0 Å². The second-order valence-corrected chi connectivity index (χ2v) is 8.47. The van der Waals surface area contributed by atoms with Gasteiger partial charge in [-0.3, -0.25) is 9.36 Å². The summed E-state index contributed by atoms with van der Waals surface area (Å²) in [7, 11) is 0. The lowest BCUT2D eigenvalue weighted by atomic mass is 9.90. The molecule has 7 heteroatoms. The Balaban J connectivity index is 1.48. The van der Waals surface area contributed by atoms with Gasteiger partial charge < -0.3 is 0 Å². The van der Waals surface area contributed by atoms with Crippen molar-refractivity contribution in [1.29, 1.82) is 0 Å². The van der Waals surface area contributed by atoms with Gasteiger partial charge in [-0.25, -0.2) is 5.43 Å². The Morgan fingerprint density at radius 1 is 1.07 bits per heavy atom. The van der Waals surface area contributed by atoms with Crippen LogP contribution < -0.4 is 5.43 Å². The van der Waals surface area contributed by atoms with Crippen LogP contribution in [0.4, 0.5) is 0 Å². The molecule has 0 aliphatic heterocycles. The van der Waals surface area contributed by atoms with Crippen LogP contribution in [0.2, 0.25) is 0 Å². The van der Waals surface area contributed by atoms with Crippen LogP contribution in [-0.4, -0.2) is 32.1 Å². The van der Waals surface area contributed by atoms with Crippen LogP contribution in [0, 0.1) is 5.92 Å². The van der Waals surface area contributed by atoms with Gasteiger partial charge in [0.1, 0.15) is 0 Å². The molecular formula is C23H25N5OS. The number of aromatic nitrogens is 3. The molecule has 0 atom stereocenters. The predicted octanol–water partition coefficient (Wildman–Crippen LogP) is 4.71. The van der Waals surface area contributed by atoms with Gasteiger partial charge in [-0.2, -0.15) is 5.10 Å². The van der Waals surface area contributed by atoms with Crippen molar-refractivity contribution in [2.24, 2.45) is 11.0 Å². The monoisotopic (exact) mass is 419 g/mol. The largest absolute Gasteiger partial charge is 0.272 e. The van der Waals surface area contributed by atoms with Crippen molar-refractivity contribution < 1.29 is 4.79 Å². The maximum absolute atomic E-state index is 12.4. The molecule has 6 nitrogen and oxygen atoms in total. The number of hydrogen-bond acceptors (Lipinski definition) is 5. The summed E-state index contributed by atoms with van der Waals surface area (Å²) in [5, 5.41) is 13.8. The van der Waals surface area contributed by atoms with Gasteiger partial charge in [-0.05, 0) is 43.7 Å². The average molecular weight is 420 g/mol. The van der Waals surface area contributed by atoms with Gasteiger partial charge in [0.2, 0.25) is 0 Å². The van der Waals surface area contributed by atoms with E-state index in [4.69, 9.17) is 0 Å². The van der Waals surface area contributed by atoms with E-state index >= 15 is 0 Å². The minimum absolute atomic E-state index is 0.130. The Bertz CT molecular complexity index is 1010. The topological polar surface area (TPSA) is 72.2 Å². The van der Waals surface area contributed by atoms with E-state index in [0.29, 0.717) is 5.16 Å². The van der Waals surface area contributed by atoms with E-state index in [2.05, 4.69) is 27.6 Å². The highest BCUT2D eigenvalue weighted by atomic mass is 32.2. The number of nitrogens with one attached hydrogen (secondary N) is 1. The smallest absolute Gasteiger partial charge is 0.250 e. The number of thioether (sulfide) groups is 1. The van der Waals surface area contributed by atoms with E-state index in [0.717, 1.165) is 54.4 Å². The lowest BCUT2D eigenvalue weighted by molar-refractivity contribution is -0.118. The number of hydrazone groups is 1. The van der Waals surface area contributed by atoms with E-state index < -0.39 is 0 Å². The van der Waals surface area contributed by atoms with Crippen molar-refractivity contribution >= 4 is 23.4 Å². The van der Waals surface area contributed by atoms with E-state index in [1.807, 2.05) is 65.2 Å². The average Bonchev–Trinajstić information content (AvgIpc) is 3.22. The summed E-state index contributed by atoms with van der Waals surface area (Å²) in [4.78, 5) is 12.4. The van der Waals surface area contributed by atoms with Gasteiger partial charge >= 0.3 is 0 Å². The zero-order chi connectivity index (χ0) is 20.8. The lowest BCUT2D eigenvalue weighted by Gasteiger charge is -2.18. The molecular weight excluding hydrogens is 394 g/mol. The number of carbonyl (C=O) groups excluding carboxylic acids is 1. The third-order valence-corrected chi connectivity index (χ3v) is 6.13. The zero-order valence-corrected chi connectivity index (χ0v) is 17.8. The fraction of sp³-hybridized carbons (Fsp3) is 0.304. The first-order valence-electron chi connectivity index (χ1n) is 10.2. The van der Waals surface area contributed by atoms with Crippen molar-refractivity contribution in [3.05, 3.63) is 60.7 Å². The molecule has 1 heterocycles. The standard InChI is InChI=1S/C23H25N5OS/c1-17-12-14-19(15-13-17)24-25-21(29)16-30-23-27-26-22(18-8-4-2-5-9-18)28(23)20-10-6-3-7-11-20/h2-11,17H,12-16H2,1H3,(H,25,29). The van der Waals surface area contributed by atoms with Crippen LogP contribution in [0.5, 0.6) is 0 Å². The number of nitrogens with zero attached hydrogens (tertiary/aromatic N) is 4. The van der Waals surface area contributed by atoms with Crippen LogP contribution in [0.25, 0.3) is 17.1 Å². The molecule has 0 spiro atoms. The first-order valence-corrected chi connectivity index (χ1v) is 11.2. The van der Waals surface area contributed by atoms with Gasteiger partial charge in [0.05, 0.1) is 5.75 Å².